The zero-order valence-corrected chi connectivity index (χ0v) is 12.5. The van der Waals surface area contributed by atoms with Gasteiger partial charge in [0, 0.05) is 0 Å². The average Bonchev–Trinajstić information content (AvgIpc) is 2.69. The molecule has 18 heavy (non-hydrogen) atoms. The van der Waals surface area contributed by atoms with Crippen molar-refractivity contribution in [2.24, 2.45) is 0 Å². The zero-order valence-electron chi connectivity index (χ0n) is 12.5. The highest BCUT2D eigenvalue weighted by Gasteiger charge is 2.14. The van der Waals surface area contributed by atoms with Crippen LogP contribution in [0.4, 0.5) is 0 Å². The van der Waals surface area contributed by atoms with Crippen LogP contribution in [0.2, 0.25) is 0 Å². The summed E-state index contributed by atoms with van der Waals surface area (Å²) in [6.07, 6.45) is 3.03. The van der Waals surface area contributed by atoms with E-state index in [4.69, 9.17) is 0 Å². The first-order chi connectivity index (χ1) is 8.56. The standard InChI is InChI=1S/C12H12.C4H8.C2H6/c1-3-10-8-11-6-4-5-7-12(11)9(10)2;1-4(2)3;1-2/h3-7H,1,8H2,2H3;1H2,2-3H3;1-2H3. The van der Waals surface area contributed by atoms with Gasteiger partial charge in [0.15, 0.2) is 0 Å². The highest BCUT2D eigenvalue weighted by Crippen LogP contribution is 2.32. The summed E-state index contributed by atoms with van der Waals surface area (Å²) in [7, 11) is 0. The zero-order chi connectivity index (χ0) is 14.1. The monoisotopic (exact) mass is 242 g/mol. The van der Waals surface area contributed by atoms with Crippen molar-refractivity contribution in [2.75, 3.05) is 0 Å². The van der Waals surface area contributed by atoms with Crippen LogP contribution in [0.5, 0.6) is 0 Å². The van der Waals surface area contributed by atoms with Crippen LogP contribution in [0, 0.1) is 0 Å². The van der Waals surface area contributed by atoms with Gasteiger partial charge in [-0.1, -0.05) is 56.3 Å². The van der Waals surface area contributed by atoms with E-state index in [1.54, 1.807) is 0 Å². The Morgan fingerprint density at radius 2 is 1.67 bits per heavy atom. The van der Waals surface area contributed by atoms with Gasteiger partial charge in [-0.05, 0) is 49.5 Å². The summed E-state index contributed by atoms with van der Waals surface area (Å²) in [6.45, 7) is 17.5. The quantitative estimate of drug-likeness (QED) is 0.545. The second kappa shape index (κ2) is 8.52. The van der Waals surface area contributed by atoms with Crippen molar-refractivity contribution in [1.29, 1.82) is 0 Å². The van der Waals surface area contributed by atoms with Gasteiger partial charge in [-0.2, -0.15) is 0 Å². The molecule has 0 radical (unpaired) electrons. The van der Waals surface area contributed by atoms with Gasteiger partial charge in [-0.25, -0.2) is 0 Å². The predicted molar refractivity (Wildman–Crippen MR) is 84.8 cm³/mol. The highest BCUT2D eigenvalue weighted by molar-refractivity contribution is 5.76. The van der Waals surface area contributed by atoms with Crippen molar-refractivity contribution < 1.29 is 0 Å². The van der Waals surface area contributed by atoms with Gasteiger partial charge in [0.25, 0.3) is 0 Å². The Kier molecular flexibility index (Phi) is 7.78. The van der Waals surface area contributed by atoms with Crippen molar-refractivity contribution in [2.45, 2.75) is 41.0 Å². The molecular formula is C18H26. The summed E-state index contributed by atoms with van der Waals surface area (Å²) in [4.78, 5) is 0. The Hall–Kier alpha value is -1.56. The Morgan fingerprint density at radius 3 is 2.11 bits per heavy atom. The van der Waals surface area contributed by atoms with Crippen molar-refractivity contribution in [1.82, 2.24) is 0 Å². The SMILES string of the molecule is C=C(C)C.C=CC1=C(C)c2ccccc2C1.CC. The van der Waals surface area contributed by atoms with Crippen LogP contribution in [0.1, 0.15) is 45.7 Å². The van der Waals surface area contributed by atoms with E-state index in [-0.39, 0.29) is 0 Å². The molecule has 0 heteroatoms. The molecule has 1 aliphatic rings. The van der Waals surface area contributed by atoms with E-state index < -0.39 is 0 Å². The largest absolute Gasteiger partial charge is 0.100 e. The van der Waals surface area contributed by atoms with Crippen LogP contribution in [-0.4, -0.2) is 0 Å². The molecule has 2 rings (SSSR count). The maximum atomic E-state index is 3.82. The van der Waals surface area contributed by atoms with E-state index >= 15 is 0 Å². The lowest BCUT2D eigenvalue weighted by Crippen LogP contribution is -1.80. The van der Waals surface area contributed by atoms with Gasteiger partial charge in [-0.3, -0.25) is 0 Å². The van der Waals surface area contributed by atoms with E-state index in [0.29, 0.717) is 0 Å². The fourth-order valence-electron chi connectivity index (χ4n) is 1.78. The molecule has 0 fully saturated rings. The summed E-state index contributed by atoms with van der Waals surface area (Å²) in [5, 5.41) is 0. The third-order valence-electron chi connectivity index (χ3n) is 2.53. The normalized spacial score (nSPS) is 11.6. The maximum Gasteiger partial charge on any atom is -0.00171 e. The van der Waals surface area contributed by atoms with Crippen LogP contribution < -0.4 is 0 Å². The molecule has 0 aliphatic heterocycles. The first-order valence-corrected chi connectivity index (χ1v) is 6.58. The van der Waals surface area contributed by atoms with Crippen LogP contribution in [0.25, 0.3) is 5.57 Å². The Balaban J connectivity index is 0.000000415. The Labute approximate surface area is 113 Å². The Bertz CT molecular complexity index is 429. The molecule has 0 unspecified atom stereocenters. The number of rotatable bonds is 1. The van der Waals surface area contributed by atoms with Crippen LogP contribution in [-0.2, 0) is 6.42 Å². The summed E-state index contributed by atoms with van der Waals surface area (Å²) >= 11 is 0. The molecule has 0 bridgehead atoms. The second-order valence-corrected chi connectivity index (χ2v) is 4.40. The molecule has 0 N–H and O–H groups in total. The van der Waals surface area contributed by atoms with Gasteiger partial charge in [0.05, 0.1) is 0 Å². The van der Waals surface area contributed by atoms with E-state index in [2.05, 4.69) is 44.3 Å². The summed E-state index contributed by atoms with van der Waals surface area (Å²) in [5.41, 5.74) is 6.76. The first-order valence-electron chi connectivity index (χ1n) is 6.58. The highest BCUT2D eigenvalue weighted by atomic mass is 14.2. The topological polar surface area (TPSA) is 0 Å². The van der Waals surface area contributed by atoms with E-state index in [9.17, 15) is 0 Å². The molecule has 98 valence electrons. The lowest BCUT2D eigenvalue weighted by molar-refractivity contribution is 1.25. The molecule has 1 aliphatic carbocycles. The second-order valence-electron chi connectivity index (χ2n) is 4.40. The lowest BCUT2D eigenvalue weighted by atomic mass is 10.1. The van der Waals surface area contributed by atoms with Crippen LogP contribution in [0.15, 0.2) is 54.6 Å². The number of allylic oxidation sites excluding steroid dienone is 4. The fourth-order valence-corrected chi connectivity index (χ4v) is 1.78. The summed E-state index contributed by atoms with van der Waals surface area (Å²) < 4.78 is 0. The smallest absolute Gasteiger partial charge is 0.00171 e. The van der Waals surface area contributed by atoms with Crippen molar-refractivity contribution in [3.05, 3.63) is 65.8 Å². The average molecular weight is 242 g/mol. The number of fused-ring (bicyclic) bond motifs is 1. The van der Waals surface area contributed by atoms with E-state index in [1.807, 2.05) is 33.8 Å². The van der Waals surface area contributed by atoms with Gasteiger partial charge in [-0.15, -0.1) is 6.58 Å². The molecule has 0 spiro atoms. The molecule has 0 aromatic heterocycles. The molecule has 0 saturated carbocycles. The molecule has 1 aromatic carbocycles. The van der Waals surface area contributed by atoms with Crippen molar-refractivity contribution >= 4 is 5.57 Å². The van der Waals surface area contributed by atoms with Gasteiger partial charge in [0.2, 0.25) is 0 Å². The van der Waals surface area contributed by atoms with E-state index in [0.717, 1.165) is 6.42 Å². The maximum absolute atomic E-state index is 3.82. The Morgan fingerprint density at radius 1 is 1.17 bits per heavy atom. The molecular weight excluding hydrogens is 216 g/mol. The van der Waals surface area contributed by atoms with Crippen molar-refractivity contribution in [3.8, 4) is 0 Å². The predicted octanol–water partition coefficient (Wildman–Crippen LogP) is 5.81. The molecule has 0 nitrogen and oxygen atoms in total. The molecule has 0 amide bonds. The van der Waals surface area contributed by atoms with Crippen LogP contribution >= 0.6 is 0 Å². The number of hydrogen-bond donors (Lipinski definition) is 0. The van der Waals surface area contributed by atoms with Gasteiger partial charge >= 0.3 is 0 Å². The minimum atomic E-state index is 1.06. The third-order valence-corrected chi connectivity index (χ3v) is 2.53. The van der Waals surface area contributed by atoms with Gasteiger partial charge in [0.1, 0.15) is 0 Å². The molecule has 0 heterocycles. The number of hydrogen-bond acceptors (Lipinski definition) is 0. The molecule has 1 aromatic rings. The number of benzene rings is 1. The lowest BCUT2D eigenvalue weighted by Gasteiger charge is -1.97. The molecule has 0 saturated heterocycles. The minimum Gasteiger partial charge on any atom is -0.100 e. The fraction of sp³-hybridized carbons (Fsp3) is 0.333. The van der Waals surface area contributed by atoms with Crippen LogP contribution in [0.3, 0.4) is 0 Å². The summed E-state index contributed by atoms with van der Waals surface area (Å²) in [5.74, 6) is 0. The van der Waals surface area contributed by atoms with E-state index in [1.165, 1.54) is 27.8 Å². The van der Waals surface area contributed by atoms with Gasteiger partial charge < -0.3 is 0 Å². The third kappa shape index (κ3) is 4.75. The minimum absolute atomic E-state index is 1.06. The first kappa shape index (κ1) is 16.4. The molecule has 0 atom stereocenters. The van der Waals surface area contributed by atoms with Crippen molar-refractivity contribution in [3.63, 3.8) is 0 Å². The summed E-state index contributed by atoms with van der Waals surface area (Å²) in [6, 6.07) is 8.56.